The summed E-state index contributed by atoms with van der Waals surface area (Å²) in [6.07, 6.45) is 1.64. The van der Waals surface area contributed by atoms with E-state index >= 15 is 0 Å². The van der Waals surface area contributed by atoms with Gasteiger partial charge in [0, 0.05) is 19.3 Å². The number of oxazole rings is 1. The van der Waals surface area contributed by atoms with Gasteiger partial charge in [-0.2, -0.15) is 4.98 Å². The molecule has 1 aromatic heterocycles. The molecule has 0 aliphatic carbocycles. The van der Waals surface area contributed by atoms with Gasteiger partial charge < -0.3 is 9.73 Å². The number of halogens is 1. The summed E-state index contributed by atoms with van der Waals surface area (Å²) < 4.78 is 18.3. The maximum Gasteiger partial charge on any atom is 0.301 e. The molecule has 5 heteroatoms. The van der Waals surface area contributed by atoms with Gasteiger partial charge in [0.2, 0.25) is 0 Å². The Kier molecular flexibility index (Phi) is 4.74. The highest BCUT2D eigenvalue weighted by atomic mass is 19.1. The Morgan fingerprint density at radius 3 is 2.65 bits per heavy atom. The van der Waals surface area contributed by atoms with E-state index in [1.54, 1.807) is 23.3 Å². The SMILES string of the molecule is CC(C)CNCc1coc(N(C)c2ccc(F)cc2)n1. The first-order valence-electron chi connectivity index (χ1n) is 6.70. The molecule has 0 spiro atoms. The smallest absolute Gasteiger partial charge is 0.301 e. The average Bonchev–Trinajstić information content (AvgIpc) is 2.87. The van der Waals surface area contributed by atoms with Gasteiger partial charge in [-0.3, -0.25) is 4.90 Å². The van der Waals surface area contributed by atoms with E-state index in [0.717, 1.165) is 17.9 Å². The van der Waals surface area contributed by atoms with Crippen molar-refractivity contribution in [3.8, 4) is 0 Å². The molecule has 1 aromatic carbocycles. The summed E-state index contributed by atoms with van der Waals surface area (Å²) in [6.45, 7) is 5.93. The normalized spacial score (nSPS) is 11.1. The number of hydrogen-bond acceptors (Lipinski definition) is 4. The molecule has 1 N–H and O–H groups in total. The van der Waals surface area contributed by atoms with Crippen LogP contribution in [-0.2, 0) is 6.54 Å². The van der Waals surface area contributed by atoms with Crippen molar-refractivity contribution in [2.45, 2.75) is 20.4 Å². The highest BCUT2D eigenvalue weighted by Crippen LogP contribution is 2.22. The third-order valence-corrected chi connectivity index (χ3v) is 2.90. The molecule has 0 radical (unpaired) electrons. The quantitative estimate of drug-likeness (QED) is 0.879. The van der Waals surface area contributed by atoms with Crippen LogP contribution in [-0.4, -0.2) is 18.6 Å². The summed E-state index contributed by atoms with van der Waals surface area (Å²) in [7, 11) is 1.84. The third-order valence-electron chi connectivity index (χ3n) is 2.90. The molecule has 0 amide bonds. The molecule has 4 nitrogen and oxygen atoms in total. The zero-order valence-corrected chi connectivity index (χ0v) is 12.1. The molecule has 108 valence electrons. The lowest BCUT2D eigenvalue weighted by atomic mass is 10.2. The van der Waals surface area contributed by atoms with Crippen molar-refractivity contribution < 1.29 is 8.81 Å². The first kappa shape index (κ1) is 14.5. The molecule has 0 unspecified atom stereocenters. The topological polar surface area (TPSA) is 41.3 Å². The van der Waals surface area contributed by atoms with Crippen LogP contribution in [0.1, 0.15) is 19.5 Å². The Morgan fingerprint density at radius 2 is 2.00 bits per heavy atom. The minimum absolute atomic E-state index is 0.256. The molecular weight excluding hydrogens is 257 g/mol. The van der Waals surface area contributed by atoms with Gasteiger partial charge in [0.25, 0.3) is 0 Å². The predicted molar refractivity (Wildman–Crippen MR) is 77.5 cm³/mol. The van der Waals surface area contributed by atoms with E-state index in [2.05, 4.69) is 24.1 Å². The molecule has 0 aliphatic rings. The summed E-state index contributed by atoms with van der Waals surface area (Å²) in [5.41, 5.74) is 1.68. The second kappa shape index (κ2) is 6.52. The van der Waals surface area contributed by atoms with Crippen molar-refractivity contribution in [2.75, 3.05) is 18.5 Å². The summed E-state index contributed by atoms with van der Waals surface area (Å²) in [6, 6.07) is 6.71. The Balaban J connectivity index is 1.99. The largest absolute Gasteiger partial charge is 0.431 e. The Morgan fingerprint density at radius 1 is 1.30 bits per heavy atom. The molecule has 1 heterocycles. The van der Waals surface area contributed by atoms with Gasteiger partial charge in [0.15, 0.2) is 0 Å². The molecule has 0 atom stereocenters. The average molecular weight is 277 g/mol. The van der Waals surface area contributed by atoms with Crippen molar-refractivity contribution in [1.29, 1.82) is 0 Å². The zero-order chi connectivity index (χ0) is 14.5. The minimum atomic E-state index is -0.256. The second-order valence-corrected chi connectivity index (χ2v) is 5.18. The van der Waals surface area contributed by atoms with E-state index in [1.165, 1.54) is 12.1 Å². The van der Waals surface area contributed by atoms with Crippen molar-refractivity contribution in [3.63, 3.8) is 0 Å². The molecule has 0 fully saturated rings. The third kappa shape index (κ3) is 3.81. The summed E-state index contributed by atoms with van der Waals surface area (Å²) >= 11 is 0. The number of nitrogens with one attached hydrogen (secondary N) is 1. The summed E-state index contributed by atoms with van der Waals surface area (Å²) in [5.74, 6) is 0.344. The lowest BCUT2D eigenvalue weighted by Crippen LogP contribution is -2.19. The fraction of sp³-hybridized carbons (Fsp3) is 0.400. The molecule has 20 heavy (non-hydrogen) atoms. The van der Waals surface area contributed by atoms with Crippen molar-refractivity contribution in [1.82, 2.24) is 10.3 Å². The number of anilines is 2. The molecule has 2 aromatic rings. The molecule has 0 bridgehead atoms. The van der Waals surface area contributed by atoms with Crippen LogP contribution in [0.5, 0.6) is 0 Å². The van der Waals surface area contributed by atoms with E-state index in [1.807, 2.05) is 7.05 Å². The van der Waals surface area contributed by atoms with Crippen LogP contribution in [0.15, 0.2) is 34.9 Å². The number of rotatable bonds is 6. The Bertz CT molecular complexity index is 536. The minimum Gasteiger partial charge on any atom is -0.431 e. The number of nitrogens with zero attached hydrogens (tertiary/aromatic N) is 2. The van der Waals surface area contributed by atoms with E-state index in [-0.39, 0.29) is 5.82 Å². The molecule has 0 aliphatic heterocycles. The standard InChI is InChI=1S/C15H20FN3O/c1-11(2)8-17-9-13-10-20-15(18-13)19(3)14-6-4-12(16)5-7-14/h4-7,10-11,17H,8-9H2,1-3H3. The highest BCUT2D eigenvalue weighted by Gasteiger charge is 2.11. The van der Waals surface area contributed by atoms with Gasteiger partial charge in [-0.25, -0.2) is 4.39 Å². The number of benzene rings is 1. The van der Waals surface area contributed by atoms with Crippen molar-refractivity contribution in [3.05, 3.63) is 42.0 Å². The molecule has 0 saturated heterocycles. The van der Waals surface area contributed by atoms with Crippen LogP contribution in [0.4, 0.5) is 16.1 Å². The first-order valence-corrected chi connectivity index (χ1v) is 6.70. The van der Waals surface area contributed by atoms with E-state index < -0.39 is 0 Å². The van der Waals surface area contributed by atoms with Crippen LogP contribution < -0.4 is 10.2 Å². The fourth-order valence-electron chi connectivity index (χ4n) is 1.80. The van der Waals surface area contributed by atoms with E-state index in [4.69, 9.17) is 4.42 Å². The van der Waals surface area contributed by atoms with E-state index in [0.29, 0.717) is 18.5 Å². The van der Waals surface area contributed by atoms with E-state index in [9.17, 15) is 4.39 Å². The molecule has 0 saturated carbocycles. The molecule has 2 rings (SSSR count). The van der Waals surface area contributed by atoms with Gasteiger partial charge in [-0.1, -0.05) is 13.8 Å². The van der Waals surface area contributed by atoms with Crippen molar-refractivity contribution in [2.24, 2.45) is 5.92 Å². The maximum atomic E-state index is 12.9. The van der Waals surface area contributed by atoms with Crippen LogP contribution in [0.25, 0.3) is 0 Å². The number of aromatic nitrogens is 1. The summed E-state index contributed by atoms with van der Waals surface area (Å²) in [5, 5.41) is 3.31. The van der Waals surface area contributed by atoms with Crippen LogP contribution in [0.2, 0.25) is 0 Å². The monoisotopic (exact) mass is 277 g/mol. The summed E-state index contributed by atoms with van der Waals surface area (Å²) in [4.78, 5) is 6.19. The Labute approximate surface area is 118 Å². The van der Waals surface area contributed by atoms with Crippen molar-refractivity contribution >= 4 is 11.7 Å². The van der Waals surface area contributed by atoms with Crippen LogP contribution in [0.3, 0.4) is 0 Å². The van der Waals surface area contributed by atoms with Gasteiger partial charge >= 0.3 is 6.01 Å². The molecular formula is C15H20FN3O. The fourth-order valence-corrected chi connectivity index (χ4v) is 1.80. The number of hydrogen-bond donors (Lipinski definition) is 1. The van der Waals surface area contributed by atoms with Gasteiger partial charge in [0.05, 0.1) is 5.69 Å². The zero-order valence-electron chi connectivity index (χ0n) is 12.1. The van der Waals surface area contributed by atoms with Crippen LogP contribution >= 0.6 is 0 Å². The van der Waals surface area contributed by atoms with Gasteiger partial charge in [-0.15, -0.1) is 0 Å². The van der Waals surface area contributed by atoms with Gasteiger partial charge in [-0.05, 0) is 36.7 Å². The lowest BCUT2D eigenvalue weighted by molar-refractivity contribution is 0.540. The Hall–Kier alpha value is -1.88. The predicted octanol–water partition coefficient (Wildman–Crippen LogP) is 3.33. The highest BCUT2D eigenvalue weighted by molar-refractivity contribution is 5.54. The lowest BCUT2D eigenvalue weighted by Gasteiger charge is -2.14. The van der Waals surface area contributed by atoms with Gasteiger partial charge in [0.1, 0.15) is 12.1 Å². The second-order valence-electron chi connectivity index (χ2n) is 5.18. The first-order chi connectivity index (χ1) is 9.56. The van der Waals surface area contributed by atoms with Crippen LogP contribution in [0, 0.1) is 11.7 Å². The maximum absolute atomic E-state index is 12.9.